The van der Waals surface area contributed by atoms with E-state index in [0.717, 1.165) is 36.9 Å². The van der Waals surface area contributed by atoms with E-state index in [0.29, 0.717) is 35.6 Å². The molecule has 2 aromatic rings. The molecule has 184 valence electrons. The summed E-state index contributed by atoms with van der Waals surface area (Å²) in [5.74, 6) is 0.598. The van der Waals surface area contributed by atoms with E-state index in [1.807, 2.05) is 19.9 Å². The fourth-order valence-electron chi connectivity index (χ4n) is 4.93. The van der Waals surface area contributed by atoms with Crippen LogP contribution in [0.1, 0.15) is 52.9 Å². The molecule has 2 N–H and O–H groups in total. The average Bonchev–Trinajstić information content (AvgIpc) is 2.80. The lowest BCUT2D eigenvalue weighted by Gasteiger charge is -2.38. The van der Waals surface area contributed by atoms with Gasteiger partial charge in [-0.1, -0.05) is 23.2 Å². The molecule has 1 aliphatic carbocycles. The highest BCUT2D eigenvalue weighted by atomic mass is 35.5. The number of nitrogens with zero attached hydrogens (tertiary/aromatic N) is 1. The van der Waals surface area contributed by atoms with Crippen LogP contribution in [0.2, 0.25) is 10.0 Å². The van der Waals surface area contributed by atoms with Gasteiger partial charge in [-0.05, 0) is 77.2 Å². The molecule has 1 amide bonds. The third kappa shape index (κ3) is 5.07. The van der Waals surface area contributed by atoms with Gasteiger partial charge in [0.15, 0.2) is 11.5 Å². The minimum Gasteiger partial charge on any atom is -0.484 e. The van der Waals surface area contributed by atoms with Gasteiger partial charge in [-0.25, -0.2) is 0 Å². The summed E-state index contributed by atoms with van der Waals surface area (Å²) in [6.07, 6.45) is 4.17. The van der Waals surface area contributed by atoms with Crippen molar-refractivity contribution < 1.29 is 14.3 Å². The third-order valence-corrected chi connectivity index (χ3v) is 7.61. The summed E-state index contributed by atoms with van der Waals surface area (Å²) in [5, 5.41) is 3.21. The Morgan fingerprint density at radius 3 is 2.50 bits per heavy atom. The van der Waals surface area contributed by atoms with Gasteiger partial charge in [-0.15, -0.1) is 0 Å². The molecule has 1 fully saturated rings. The molecule has 1 aliphatic heterocycles. The Morgan fingerprint density at radius 1 is 1.15 bits per heavy atom. The molecule has 0 bridgehead atoms. The smallest absolute Gasteiger partial charge is 0.253 e. The monoisotopic (exact) mass is 507 g/mol. The number of aromatic nitrogens is 1. The number of carbonyl (C=O) groups is 1. The van der Waals surface area contributed by atoms with E-state index >= 15 is 0 Å². The summed E-state index contributed by atoms with van der Waals surface area (Å²) in [4.78, 5) is 30.3. The normalized spacial score (nSPS) is 22.0. The highest BCUT2D eigenvalue weighted by Gasteiger charge is 2.35. The van der Waals surface area contributed by atoms with Crippen molar-refractivity contribution in [3.63, 3.8) is 0 Å². The largest absolute Gasteiger partial charge is 0.484 e. The van der Waals surface area contributed by atoms with Gasteiger partial charge in [0.2, 0.25) is 0 Å². The van der Waals surface area contributed by atoms with E-state index in [4.69, 9.17) is 32.7 Å². The van der Waals surface area contributed by atoms with Gasteiger partial charge in [-0.2, -0.15) is 0 Å². The van der Waals surface area contributed by atoms with Crippen molar-refractivity contribution in [3.05, 3.63) is 54.9 Å². The van der Waals surface area contributed by atoms with Gasteiger partial charge in [-0.3, -0.25) is 9.59 Å². The van der Waals surface area contributed by atoms with Crippen LogP contribution in [0.25, 0.3) is 0 Å². The fourth-order valence-corrected chi connectivity index (χ4v) is 5.45. The standard InChI is InChI=1S/C25H31Cl2N3O4/c1-13-9-14(2)29-25(32)18(13)11-28-24(31)17-10-19(26)22-23(21(17)27)34-20(12-33-22)15-5-7-16(8-6-15)30(3)4/h9-10,15-16,20H,5-8,11-12H2,1-4H3,(H,28,31)(H,29,32)/t15?,16?,20-/m0/s1. The molecule has 7 nitrogen and oxygen atoms in total. The van der Waals surface area contributed by atoms with Crippen LogP contribution in [0.3, 0.4) is 0 Å². The Balaban J connectivity index is 1.50. The maximum Gasteiger partial charge on any atom is 0.253 e. The molecule has 34 heavy (non-hydrogen) atoms. The lowest BCUT2D eigenvalue weighted by molar-refractivity contribution is 0.0246. The lowest BCUT2D eigenvalue weighted by Crippen LogP contribution is -2.41. The first-order chi connectivity index (χ1) is 16.2. The van der Waals surface area contributed by atoms with E-state index in [-0.39, 0.29) is 33.8 Å². The Bertz CT molecular complexity index is 1140. The molecule has 1 saturated carbocycles. The predicted molar refractivity (Wildman–Crippen MR) is 134 cm³/mol. The van der Waals surface area contributed by atoms with Crippen LogP contribution in [0.15, 0.2) is 16.9 Å². The van der Waals surface area contributed by atoms with Crippen molar-refractivity contribution in [2.24, 2.45) is 5.92 Å². The Labute approximate surface area is 209 Å². The molecular formula is C25H31Cl2N3O4. The van der Waals surface area contributed by atoms with Gasteiger partial charge < -0.3 is 24.7 Å². The lowest BCUT2D eigenvalue weighted by atomic mass is 9.82. The number of carbonyl (C=O) groups excluding carboxylic acids is 1. The number of rotatable bonds is 5. The molecule has 0 saturated heterocycles. The highest BCUT2D eigenvalue weighted by Crippen LogP contribution is 2.47. The Morgan fingerprint density at radius 2 is 1.85 bits per heavy atom. The van der Waals surface area contributed by atoms with Crippen molar-refractivity contribution in [2.75, 3.05) is 20.7 Å². The van der Waals surface area contributed by atoms with E-state index in [2.05, 4.69) is 29.3 Å². The van der Waals surface area contributed by atoms with Gasteiger partial charge >= 0.3 is 0 Å². The SMILES string of the molecule is Cc1cc(C)c(CNC(=O)c2cc(Cl)c3c(c2Cl)O[C@H](C2CCC(N(C)C)CC2)CO3)c(=O)[nH]1. The second-order valence-electron chi connectivity index (χ2n) is 9.50. The Hall–Kier alpha value is -2.22. The zero-order valence-corrected chi connectivity index (χ0v) is 21.5. The van der Waals surface area contributed by atoms with Crippen LogP contribution in [0, 0.1) is 19.8 Å². The van der Waals surface area contributed by atoms with E-state index in [1.54, 1.807) is 0 Å². The van der Waals surface area contributed by atoms with E-state index in [9.17, 15) is 9.59 Å². The van der Waals surface area contributed by atoms with Gasteiger partial charge in [0.25, 0.3) is 11.5 Å². The minimum atomic E-state index is -0.439. The molecule has 0 radical (unpaired) electrons. The third-order valence-electron chi connectivity index (χ3n) is 6.95. The minimum absolute atomic E-state index is 0.0699. The first-order valence-corrected chi connectivity index (χ1v) is 12.4. The summed E-state index contributed by atoms with van der Waals surface area (Å²) in [6, 6.07) is 3.94. The van der Waals surface area contributed by atoms with Crippen molar-refractivity contribution in [3.8, 4) is 11.5 Å². The first kappa shape index (κ1) is 24.9. The molecule has 2 heterocycles. The maximum absolute atomic E-state index is 13.0. The molecule has 2 aliphatic rings. The van der Waals surface area contributed by atoms with Gasteiger partial charge in [0.1, 0.15) is 12.7 Å². The summed E-state index contributed by atoms with van der Waals surface area (Å²) in [6.45, 7) is 4.13. The molecule has 1 atom stereocenters. The first-order valence-electron chi connectivity index (χ1n) is 11.6. The Kier molecular flexibility index (Phi) is 7.45. The molecule has 1 aromatic heterocycles. The number of fused-ring (bicyclic) bond motifs is 1. The summed E-state index contributed by atoms with van der Waals surface area (Å²) in [5.41, 5.74) is 2.03. The average molecular weight is 508 g/mol. The van der Waals surface area contributed by atoms with Crippen LogP contribution in [-0.2, 0) is 6.54 Å². The van der Waals surface area contributed by atoms with Crippen LogP contribution < -0.4 is 20.3 Å². The number of ether oxygens (including phenoxy) is 2. The van der Waals surface area contributed by atoms with E-state index < -0.39 is 5.91 Å². The number of hydrogen-bond acceptors (Lipinski definition) is 5. The second kappa shape index (κ2) is 10.2. The van der Waals surface area contributed by atoms with Crippen LogP contribution in [0.5, 0.6) is 11.5 Å². The predicted octanol–water partition coefficient (Wildman–Crippen LogP) is 4.49. The number of H-pyrrole nitrogens is 1. The van der Waals surface area contributed by atoms with Crippen LogP contribution in [0.4, 0.5) is 0 Å². The van der Waals surface area contributed by atoms with Gasteiger partial charge in [0.05, 0.1) is 15.6 Å². The van der Waals surface area contributed by atoms with E-state index in [1.165, 1.54) is 6.07 Å². The number of amides is 1. The van der Waals surface area contributed by atoms with Crippen molar-refractivity contribution >= 4 is 29.1 Å². The summed E-state index contributed by atoms with van der Waals surface area (Å²) < 4.78 is 12.2. The molecule has 1 aromatic carbocycles. The molecule has 0 unspecified atom stereocenters. The maximum atomic E-state index is 13.0. The summed E-state index contributed by atoms with van der Waals surface area (Å²) >= 11 is 13.1. The zero-order chi connectivity index (χ0) is 24.6. The molecular weight excluding hydrogens is 477 g/mol. The number of aryl methyl sites for hydroxylation is 2. The van der Waals surface area contributed by atoms with Crippen LogP contribution in [-0.4, -0.2) is 48.6 Å². The molecule has 4 rings (SSSR count). The number of halogens is 2. The number of benzene rings is 1. The number of aromatic amines is 1. The van der Waals surface area contributed by atoms with Crippen molar-refractivity contribution in [2.45, 2.75) is 58.2 Å². The quantitative estimate of drug-likeness (QED) is 0.622. The number of hydrogen-bond donors (Lipinski definition) is 2. The van der Waals surface area contributed by atoms with Crippen LogP contribution >= 0.6 is 23.2 Å². The fraction of sp³-hybridized carbons (Fsp3) is 0.520. The number of nitrogens with one attached hydrogen (secondary N) is 2. The second-order valence-corrected chi connectivity index (χ2v) is 10.3. The zero-order valence-electron chi connectivity index (χ0n) is 20.0. The van der Waals surface area contributed by atoms with Crippen molar-refractivity contribution in [1.82, 2.24) is 15.2 Å². The van der Waals surface area contributed by atoms with Crippen molar-refractivity contribution in [1.29, 1.82) is 0 Å². The topological polar surface area (TPSA) is 83.7 Å². The van der Waals surface area contributed by atoms with Gasteiger partial charge in [0, 0.05) is 23.8 Å². The highest BCUT2D eigenvalue weighted by molar-refractivity contribution is 6.38. The number of pyridine rings is 1. The molecule has 9 heteroatoms. The molecule has 0 spiro atoms. The summed E-state index contributed by atoms with van der Waals surface area (Å²) in [7, 11) is 4.23.